The number of carbonyl (C=O) groups is 1. The van der Waals surface area contributed by atoms with Gasteiger partial charge in [0.05, 0.1) is 0 Å². The van der Waals surface area contributed by atoms with Crippen LogP contribution in [0.5, 0.6) is 0 Å². The Morgan fingerprint density at radius 3 is 2.14 bits per heavy atom. The number of allylic oxidation sites excluding steroid dienone is 1. The van der Waals surface area contributed by atoms with E-state index >= 15 is 0 Å². The average Bonchev–Trinajstić information content (AvgIpc) is 2.54. The van der Waals surface area contributed by atoms with Crippen LogP contribution in [0.25, 0.3) is 0 Å². The van der Waals surface area contributed by atoms with Gasteiger partial charge in [0.15, 0.2) is 0 Å². The molecular weight excluding hydrogens is 260 g/mol. The normalized spacial score (nSPS) is 11.2. The van der Waals surface area contributed by atoms with E-state index in [1.165, 1.54) is 5.56 Å². The van der Waals surface area contributed by atoms with Gasteiger partial charge in [-0.05, 0) is 30.9 Å². The lowest BCUT2D eigenvalue weighted by Gasteiger charge is -2.05. The van der Waals surface area contributed by atoms with Gasteiger partial charge in [0.2, 0.25) is 0 Å². The van der Waals surface area contributed by atoms with Gasteiger partial charge >= 0.3 is 5.97 Å². The molecule has 0 spiro atoms. The Kier molecular flexibility index (Phi) is 5.77. The van der Waals surface area contributed by atoms with Crippen LogP contribution in [0.4, 0.5) is 0 Å². The van der Waals surface area contributed by atoms with Crippen LogP contribution in [-0.2, 0) is 22.6 Å². The molecule has 0 bridgehead atoms. The summed E-state index contributed by atoms with van der Waals surface area (Å²) in [5.74, 6) is -0.244. The fourth-order valence-corrected chi connectivity index (χ4v) is 2.02. The second-order valence-corrected chi connectivity index (χ2v) is 4.97. The highest BCUT2D eigenvalue weighted by Crippen LogP contribution is 2.07. The van der Waals surface area contributed by atoms with Crippen LogP contribution in [0.1, 0.15) is 24.5 Å². The zero-order chi connectivity index (χ0) is 14.9. The van der Waals surface area contributed by atoms with E-state index < -0.39 is 0 Å². The second-order valence-electron chi connectivity index (χ2n) is 4.97. The Morgan fingerprint density at radius 2 is 1.52 bits per heavy atom. The number of carbonyl (C=O) groups excluding carboxylic acids is 1. The number of rotatable bonds is 6. The van der Waals surface area contributed by atoms with E-state index in [4.69, 9.17) is 4.74 Å². The fourth-order valence-electron chi connectivity index (χ4n) is 2.02. The van der Waals surface area contributed by atoms with Crippen molar-refractivity contribution in [3.63, 3.8) is 0 Å². The highest BCUT2D eigenvalue weighted by molar-refractivity contribution is 5.87. The van der Waals surface area contributed by atoms with Gasteiger partial charge in [-0.3, -0.25) is 0 Å². The first-order chi connectivity index (χ1) is 10.3. The van der Waals surface area contributed by atoms with E-state index in [1.807, 2.05) is 54.6 Å². The van der Waals surface area contributed by atoms with Crippen molar-refractivity contribution in [1.82, 2.24) is 0 Å². The number of esters is 1. The van der Waals surface area contributed by atoms with Crippen molar-refractivity contribution in [2.45, 2.75) is 26.4 Å². The highest BCUT2D eigenvalue weighted by atomic mass is 16.5. The van der Waals surface area contributed by atoms with E-state index in [2.05, 4.69) is 12.1 Å². The molecule has 2 aromatic rings. The molecule has 0 aromatic heterocycles. The Hall–Kier alpha value is -2.35. The molecule has 0 N–H and O–H groups in total. The number of hydrogen-bond acceptors (Lipinski definition) is 2. The van der Waals surface area contributed by atoms with Crippen molar-refractivity contribution in [2.24, 2.45) is 0 Å². The van der Waals surface area contributed by atoms with Crippen molar-refractivity contribution < 1.29 is 9.53 Å². The summed E-state index contributed by atoms with van der Waals surface area (Å²) in [5, 5.41) is 0. The topological polar surface area (TPSA) is 26.3 Å². The first kappa shape index (κ1) is 15.0. The molecule has 0 aliphatic heterocycles. The summed E-state index contributed by atoms with van der Waals surface area (Å²) in [6.45, 7) is 2.13. The number of hydrogen-bond donors (Lipinski definition) is 0. The van der Waals surface area contributed by atoms with Gasteiger partial charge in [0.1, 0.15) is 6.61 Å². The summed E-state index contributed by atoms with van der Waals surface area (Å²) < 4.78 is 5.29. The van der Waals surface area contributed by atoms with Gasteiger partial charge in [-0.25, -0.2) is 4.79 Å². The zero-order valence-electron chi connectivity index (χ0n) is 12.3. The number of aryl methyl sites for hydroxylation is 1. The van der Waals surface area contributed by atoms with E-state index in [0.717, 1.165) is 18.4 Å². The van der Waals surface area contributed by atoms with Gasteiger partial charge < -0.3 is 4.74 Å². The summed E-state index contributed by atoms with van der Waals surface area (Å²) in [4.78, 5) is 11.9. The first-order valence-electron chi connectivity index (χ1n) is 7.17. The van der Waals surface area contributed by atoms with E-state index in [1.54, 1.807) is 6.92 Å². The molecule has 2 heteroatoms. The Labute approximate surface area is 126 Å². The summed E-state index contributed by atoms with van der Waals surface area (Å²) in [6.07, 6.45) is 3.72. The molecule has 0 amide bonds. The van der Waals surface area contributed by atoms with E-state index in [-0.39, 0.29) is 5.97 Å². The van der Waals surface area contributed by atoms with Crippen molar-refractivity contribution in [1.29, 1.82) is 0 Å². The monoisotopic (exact) mass is 280 g/mol. The highest BCUT2D eigenvalue weighted by Gasteiger charge is 2.05. The first-order valence-corrected chi connectivity index (χ1v) is 7.17. The predicted molar refractivity (Wildman–Crippen MR) is 84.8 cm³/mol. The number of ether oxygens (including phenoxy) is 1. The standard InChI is InChI=1S/C19H20O2/c1-16(9-8-14-17-10-4-2-5-11-17)19(20)21-15-18-12-6-3-7-13-18/h2-7,9-13H,8,14-15H2,1H3. The number of benzene rings is 2. The molecule has 0 atom stereocenters. The lowest BCUT2D eigenvalue weighted by atomic mass is 10.1. The minimum atomic E-state index is -0.244. The molecule has 0 radical (unpaired) electrons. The molecular formula is C19H20O2. The van der Waals surface area contributed by atoms with Gasteiger partial charge in [-0.15, -0.1) is 0 Å². The molecule has 2 nitrogen and oxygen atoms in total. The maximum atomic E-state index is 11.9. The molecule has 0 fully saturated rings. The molecule has 0 saturated heterocycles. The predicted octanol–water partition coefficient (Wildman–Crippen LogP) is 4.31. The third kappa shape index (κ3) is 5.27. The Morgan fingerprint density at radius 1 is 0.952 bits per heavy atom. The molecule has 2 rings (SSSR count). The van der Waals surface area contributed by atoms with E-state index in [0.29, 0.717) is 12.2 Å². The largest absolute Gasteiger partial charge is 0.457 e. The van der Waals surface area contributed by atoms with Gasteiger partial charge in [0.25, 0.3) is 0 Å². The maximum absolute atomic E-state index is 11.9. The summed E-state index contributed by atoms with van der Waals surface area (Å²) in [5.41, 5.74) is 2.95. The van der Waals surface area contributed by atoms with Crippen LogP contribution in [0.3, 0.4) is 0 Å². The van der Waals surface area contributed by atoms with E-state index in [9.17, 15) is 4.79 Å². The smallest absolute Gasteiger partial charge is 0.333 e. The summed E-state index contributed by atoms with van der Waals surface area (Å²) in [7, 11) is 0. The second kappa shape index (κ2) is 8.05. The van der Waals surface area contributed by atoms with Crippen LogP contribution in [0.2, 0.25) is 0 Å². The summed E-state index contributed by atoms with van der Waals surface area (Å²) >= 11 is 0. The van der Waals surface area contributed by atoms with Crippen molar-refractivity contribution in [2.75, 3.05) is 0 Å². The van der Waals surface area contributed by atoms with Gasteiger partial charge in [-0.2, -0.15) is 0 Å². The third-order valence-corrected chi connectivity index (χ3v) is 3.26. The molecule has 0 aliphatic rings. The quantitative estimate of drug-likeness (QED) is 0.582. The Balaban J connectivity index is 1.77. The fraction of sp³-hybridized carbons (Fsp3) is 0.211. The molecule has 2 aromatic carbocycles. The van der Waals surface area contributed by atoms with Crippen LogP contribution in [0.15, 0.2) is 72.3 Å². The van der Waals surface area contributed by atoms with Crippen LogP contribution < -0.4 is 0 Å². The minimum absolute atomic E-state index is 0.244. The molecule has 0 unspecified atom stereocenters. The van der Waals surface area contributed by atoms with Gasteiger partial charge in [-0.1, -0.05) is 66.7 Å². The van der Waals surface area contributed by atoms with Crippen molar-refractivity contribution in [3.8, 4) is 0 Å². The van der Waals surface area contributed by atoms with Crippen molar-refractivity contribution >= 4 is 5.97 Å². The van der Waals surface area contributed by atoms with Gasteiger partial charge in [0, 0.05) is 5.57 Å². The van der Waals surface area contributed by atoms with Crippen LogP contribution in [-0.4, -0.2) is 5.97 Å². The molecule has 21 heavy (non-hydrogen) atoms. The minimum Gasteiger partial charge on any atom is -0.457 e. The SMILES string of the molecule is CC(=CCCc1ccccc1)C(=O)OCc1ccccc1. The van der Waals surface area contributed by atoms with Crippen LogP contribution >= 0.6 is 0 Å². The Bertz CT molecular complexity index is 585. The maximum Gasteiger partial charge on any atom is 0.333 e. The summed E-state index contributed by atoms with van der Waals surface area (Å²) in [6, 6.07) is 20.0. The molecule has 0 saturated carbocycles. The zero-order valence-corrected chi connectivity index (χ0v) is 12.3. The third-order valence-electron chi connectivity index (χ3n) is 3.26. The average molecular weight is 280 g/mol. The molecule has 0 aliphatic carbocycles. The molecule has 0 heterocycles. The van der Waals surface area contributed by atoms with Crippen LogP contribution in [0, 0.1) is 0 Å². The lowest BCUT2D eigenvalue weighted by molar-refractivity contribution is -0.140. The lowest BCUT2D eigenvalue weighted by Crippen LogP contribution is -2.06. The van der Waals surface area contributed by atoms with Crippen molar-refractivity contribution in [3.05, 3.63) is 83.4 Å². The molecule has 108 valence electrons.